The molecule has 316 valence electrons. The smallest absolute Gasteiger partial charge is 0.362 e. The largest absolute Gasteiger partial charge is 0.477 e. The topological polar surface area (TPSA) is 99.1 Å². The molecule has 2 atom stereocenters. The monoisotopic (exact) mass is 773 g/mol. The van der Waals surface area contributed by atoms with Gasteiger partial charge >= 0.3 is 17.9 Å². The Morgan fingerprint density at radius 3 is 1.49 bits per heavy atom. The second kappa shape index (κ2) is 37.9. The van der Waals surface area contributed by atoms with Crippen molar-refractivity contribution in [3.63, 3.8) is 0 Å². The van der Waals surface area contributed by atoms with Gasteiger partial charge in [0.25, 0.3) is 0 Å². The third kappa shape index (κ3) is 36.4. The second-order valence-electron chi connectivity index (χ2n) is 15.7. The third-order valence-corrected chi connectivity index (χ3v) is 9.53. The van der Waals surface area contributed by atoms with E-state index in [0.717, 1.165) is 64.2 Å². The number of hydrogen-bond donors (Lipinski definition) is 1. The highest BCUT2D eigenvalue weighted by Gasteiger charge is 2.31. The molecule has 0 saturated carbocycles. The maximum Gasteiger partial charge on any atom is 0.362 e. The second-order valence-corrected chi connectivity index (χ2v) is 15.7. The predicted octanol–water partition coefficient (Wildman–Crippen LogP) is 11.8. The molecule has 1 N–H and O–H groups in total. The number of carboxylic acid groups (broad SMARTS) is 1. The zero-order valence-electron chi connectivity index (χ0n) is 35.9. The van der Waals surface area contributed by atoms with E-state index in [1.807, 2.05) is 57.6 Å². The van der Waals surface area contributed by atoms with Crippen molar-refractivity contribution >= 4 is 17.9 Å². The summed E-state index contributed by atoms with van der Waals surface area (Å²) in [6.07, 6.45) is 45.4. The molecule has 0 spiro atoms. The summed E-state index contributed by atoms with van der Waals surface area (Å²) in [5.41, 5.74) is 0. The van der Waals surface area contributed by atoms with Crippen molar-refractivity contribution in [2.75, 3.05) is 41.0 Å². The number of aliphatic carboxylic acids is 1. The maximum absolute atomic E-state index is 12.7. The number of carbonyl (C=O) groups is 3. The number of nitrogens with zero attached hydrogens (tertiary/aromatic N) is 1. The number of carboxylic acids is 1. The molecule has 0 radical (unpaired) electrons. The van der Waals surface area contributed by atoms with E-state index in [0.29, 0.717) is 19.3 Å². The van der Waals surface area contributed by atoms with Crippen LogP contribution in [0.1, 0.15) is 168 Å². The highest BCUT2D eigenvalue weighted by molar-refractivity contribution is 5.72. The van der Waals surface area contributed by atoms with Crippen molar-refractivity contribution in [2.45, 2.75) is 180 Å². The van der Waals surface area contributed by atoms with Gasteiger partial charge in [-0.1, -0.05) is 177 Å². The number of quaternary nitrogens is 1. The van der Waals surface area contributed by atoms with Crippen molar-refractivity contribution in [2.24, 2.45) is 0 Å². The molecule has 0 amide bonds. The molecule has 0 aromatic carbocycles. The van der Waals surface area contributed by atoms with Gasteiger partial charge in [-0.15, -0.1) is 0 Å². The lowest BCUT2D eigenvalue weighted by Gasteiger charge is -2.31. The molecule has 8 nitrogen and oxygen atoms in total. The fourth-order valence-corrected chi connectivity index (χ4v) is 6.12. The Morgan fingerprint density at radius 1 is 0.545 bits per heavy atom. The van der Waals surface area contributed by atoms with Gasteiger partial charge in [-0.25, -0.2) is 4.79 Å². The van der Waals surface area contributed by atoms with Crippen LogP contribution in [0.3, 0.4) is 0 Å². The van der Waals surface area contributed by atoms with E-state index in [2.05, 4.69) is 38.2 Å². The third-order valence-electron chi connectivity index (χ3n) is 9.53. The summed E-state index contributed by atoms with van der Waals surface area (Å²) in [6, 6.07) is -0.619. The number of unbranched alkanes of at least 4 members (excludes halogenated alkanes) is 18. The van der Waals surface area contributed by atoms with Crippen LogP contribution in [0.2, 0.25) is 0 Å². The molecule has 0 aliphatic carbocycles. The van der Waals surface area contributed by atoms with Gasteiger partial charge in [0.1, 0.15) is 6.61 Å². The zero-order valence-corrected chi connectivity index (χ0v) is 35.9. The first-order valence-electron chi connectivity index (χ1n) is 21.9. The first kappa shape index (κ1) is 52.0. The van der Waals surface area contributed by atoms with Gasteiger partial charge in [0, 0.05) is 19.3 Å². The van der Waals surface area contributed by atoms with E-state index in [4.69, 9.17) is 14.2 Å². The molecule has 55 heavy (non-hydrogen) atoms. The summed E-state index contributed by atoms with van der Waals surface area (Å²) < 4.78 is 17.2. The van der Waals surface area contributed by atoms with Crippen LogP contribution in [0, 0.1) is 0 Å². The molecule has 0 heterocycles. The number of allylic oxidation sites excluding steroid dienone is 10. The molecule has 0 aromatic rings. The van der Waals surface area contributed by atoms with Crippen LogP contribution < -0.4 is 0 Å². The van der Waals surface area contributed by atoms with E-state index in [9.17, 15) is 19.5 Å². The Hall–Kier alpha value is -2.97. The molecule has 0 aliphatic heterocycles. The molecule has 0 rings (SSSR count). The van der Waals surface area contributed by atoms with Crippen LogP contribution in [0.15, 0.2) is 60.8 Å². The Labute approximate surface area is 337 Å². The predicted molar refractivity (Wildman–Crippen MR) is 229 cm³/mol. The zero-order chi connectivity index (χ0) is 40.7. The molecule has 0 aromatic heterocycles. The van der Waals surface area contributed by atoms with E-state index < -0.39 is 18.1 Å². The molecule has 0 bridgehead atoms. The molecule has 8 heteroatoms. The van der Waals surface area contributed by atoms with Gasteiger partial charge in [0.05, 0.1) is 34.4 Å². The van der Waals surface area contributed by atoms with Gasteiger partial charge in [-0.3, -0.25) is 9.59 Å². The number of hydrogen-bond acceptors (Lipinski definition) is 6. The van der Waals surface area contributed by atoms with Crippen molar-refractivity contribution < 1.29 is 38.2 Å². The molecule has 2 unspecified atom stereocenters. The quantitative estimate of drug-likeness (QED) is 0.0289. The van der Waals surface area contributed by atoms with Crippen molar-refractivity contribution in [3.05, 3.63) is 60.8 Å². The van der Waals surface area contributed by atoms with Crippen molar-refractivity contribution in [1.82, 2.24) is 0 Å². The Balaban J connectivity index is 4.40. The van der Waals surface area contributed by atoms with Crippen LogP contribution in [0.25, 0.3) is 0 Å². The Morgan fingerprint density at radius 2 is 1.00 bits per heavy atom. The number of esters is 2. The summed E-state index contributed by atoms with van der Waals surface area (Å²) in [7, 11) is 5.51. The van der Waals surface area contributed by atoms with Gasteiger partial charge in [0.15, 0.2) is 12.1 Å². The SMILES string of the molecule is CCC/C=C/C=C/C=C/C=C/C=C/CCCCCCCC(=O)OCC(COCCC(C(=O)O)[N+](C)(C)C)OC(=O)CCCCCCCCCCCCCCC. The van der Waals surface area contributed by atoms with Crippen molar-refractivity contribution in [3.8, 4) is 0 Å². The number of ether oxygens (including phenoxy) is 3. The summed E-state index contributed by atoms with van der Waals surface area (Å²) in [5.74, 6) is -1.50. The maximum atomic E-state index is 12.7. The highest BCUT2D eigenvalue weighted by atomic mass is 16.6. The summed E-state index contributed by atoms with van der Waals surface area (Å²) in [5, 5.41) is 9.61. The van der Waals surface area contributed by atoms with Crippen LogP contribution in [-0.2, 0) is 28.6 Å². The number of rotatable bonds is 38. The van der Waals surface area contributed by atoms with E-state index in [1.54, 1.807) is 0 Å². The van der Waals surface area contributed by atoms with E-state index >= 15 is 0 Å². The Kier molecular flexibility index (Phi) is 35.9. The average Bonchev–Trinajstić information content (AvgIpc) is 3.14. The van der Waals surface area contributed by atoms with Crippen molar-refractivity contribution in [1.29, 1.82) is 0 Å². The van der Waals surface area contributed by atoms with Crippen LogP contribution in [0.4, 0.5) is 0 Å². The molecule has 0 aliphatic rings. The fraction of sp³-hybridized carbons (Fsp3) is 0.723. The number of likely N-dealkylation sites (N-methyl/N-ethyl adjacent to an activating group) is 1. The molecular weight excluding hydrogens is 691 g/mol. The van der Waals surface area contributed by atoms with Gasteiger partial charge in [-0.2, -0.15) is 0 Å². The minimum absolute atomic E-state index is 0.0520. The minimum Gasteiger partial charge on any atom is -0.477 e. The first-order chi connectivity index (χ1) is 26.6. The summed E-state index contributed by atoms with van der Waals surface area (Å²) in [4.78, 5) is 36.9. The van der Waals surface area contributed by atoms with Crippen LogP contribution in [0.5, 0.6) is 0 Å². The average molecular weight is 773 g/mol. The Bertz CT molecular complexity index is 1090. The fourth-order valence-electron chi connectivity index (χ4n) is 6.12. The molecule has 0 fully saturated rings. The van der Waals surface area contributed by atoms with Gasteiger partial charge < -0.3 is 23.8 Å². The van der Waals surface area contributed by atoms with E-state index in [1.165, 1.54) is 70.6 Å². The van der Waals surface area contributed by atoms with Gasteiger partial charge in [0.2, 0.25) is 0 Å². The highest BCUT2D eigenvalue weighted by Crippen LogP contribution is 2.14. The normalized spacial score (nSPS) is 13.5. The summed E-state index contributed by atoms with van der Waals surface area (Å²) in [6.45, 7) is 4.61. The van der Waals surface area contributed by atoms with Crippen LogP contribution in [-0.4, -0.2) is 80.6 Å². The first-order valence-corrected chi connectivity index (χ1v) is 21.9. The lowest BCUT2D eigenvalue weighted by Crippen LogP contribution is -2.50. The van der Waals surface area contributed by atoms with E-state index in [-0.39, 0.29) is 36.2 Å². The lowest BCUT2D eigenvalue weighted by atomic mass is 10.0. The molecular formula is C47H82NO7+. The van der Waals surface area contributed by atoms with Gasteiger partial charge in [-0.05, 0) is 32.1 Å². The van der Waals surface area contributed by atoms with Crippen LogP contribution >= 0.6 is 0 Å². The molecule has 0 saturated heterocycles. The summed E-state index contributed by atoms with van der Waals surface area (Å²) >= 11 is 0. The minimum atomic E-state index is -0.880. The standard InChI is InChI=1S/C47H81NO7/c1-6-8-10-12-14-16-18-20-21-22-23-24-26-27-29-31-33-35-37-45(49)54-42-43(41-53-40-39-44(47(51)52)48(3,4)5)55-46(50)38-36-34-32-30-28-25-19-17-15-13-11-9-7-2/h10,12,14,16,18,20-24,43-44H,6-9,11,13,15,17,19,25-42H2,1-5H3/p+1/b12-10+,16-14+,20-18+,22-21+,24-23+. The number of carbonyl (C=O) groups excluding carboxylic acids is 2. The lowest BCUT2D eigenvalue weighted by molar-refractivity contribution is -0.887.